The Labute approximate surface area is 160 Å². The van der Waals surface area contributed by atoms with Crippen LogP contribution in [0.1, 0.15) is 31.9 Å². The maximum absolute atomic E-state index is 6.08. The van der Waals surface area contributed by atoms with Gasteiger partial charge in [0.05, 0.1) is 6.04 Å². The minimum absolute atomic E-state index is 0.0774. The lowest BCUT2D eigenvalue weighted by molar-refractivity contribution is 0.0696. The number of rotatable bonds is 2. The van der Waals surface area contributed by atoms with Crippen LogP contribution in [0.4, 0.5) is 5.69 Å². The monoisotopic (exact) mass is 424 g/mol. The predicted octanol–water partition coefficient (Wildman–Crippen LogP) is 5.69. The minimum atomic E-state index is -0.256. The number of hydrogen-bond donors (Lipinski definition) is 2. The summed E-state index contributed by atoms with van der Waals surface area (Å²) in [6.07, 6.45) is 0.818. The molecule has 1 atom stereocenters. The molecule has 0 aromatic heterocycles. The van der Waals surface area contributed by atoms with E-state index in [4.69, 9.17) is 28.6 Å². The van der Waals surface area contributed by atoms with E-state index in [1.54, 1.807) is 0 Å². The van der Waals surface area contributed by atoms with Crippen molar-refractivity contribution in [2.75, 3.05) is 5.32 Å². The summed E-state index contributed by atoms with van der Waals surface area (Å²) in [5.41, 5.74) is 1.75. The molecule has 3 nitrogen and oxygen atoms in total. The third-order valence-electron chi connectivity index (χ3n) is 3.84. The average molecular weight is 426 g/mol. The van der Waals surface area contributed by atoms with Gasteiger partial charge in [0, 0.05) is 27.2 Å². The molecule has 1 aliphatic heterocycles. The first-order valence-corrected chi connectivity index (χ1v) is 9.22. The molecule has 0 radical (unpaired) electrons. The molecule has 0 saturated heterocycles. The largest absolute Gasteiger partial charge is 0.487 e. The molecule has 2 aromatic rings. The molecular formula is C18H18BrClN2OS. The second-order valence-electron chi connectivity index (χ2n) is 6.41. The van der Waals surface area contributed by atoms with Gasteiger partial charge in [-0.1, -0.05) is 27.5 Å². The van der Waals surface area contributed by atoms with Crippen LogP contribution in [-0.4, -0.2) is 10.7 Å². The summed E-state index contributed by atoms with van der Waals surface area (Å²) in [6.45, 7) is 4.17. The first-order valence-electron chi connectivity index (χ1n) is 7.64. The van der Waals surface area contributed by atoms with E-state index in [0.29, 0.717) is 10.1 Å². The second-order valence-corrected chi connectivity index (χ2v) is 8.17. The third kappa shape index (κ3) is 4.21. The van der Waals surface area contributed by atoms with Gasteiger partial charge in [0.1, 0.15) is 11.4 Å². The van der Waals surface area contributed by atoms with Gasteiger partial charge in [0.15, 0.2) is 5.11 Å². The number of halogens is 2. The molecule has 0 bridgehead atoms. The number of fused-ring (bicyclic) bond motifs is 1. The summed E-state index contributed by atoms with van der Waals surface area (Å²) < 4.78 is 7.10. The van der Waals surface area contributed by atoms with Gasteiger partial charge < -0.3 is 15.4 Å². The quantitative estimate of drug-likeness (QED) is 0.605. The molecular weight excluding hydrogens is 408 g/mol. The third-order valence-corrected chi connectivity index (χ3v) is 4.80. The van der Waals surface area contributed by atoms with Crippen molar-refractivity contribution >= 4 is 50.5 Å². The van der Waals surface area contributed by atoms with Crippen molar-refractivity contribution in [1.29, 1.82) is 0 Å². The molecule has 24 heavy (non-hydrogen) atoms. The molecule has 126 valence electrons. The SMILES string of the molecule is CC1(C)CC(NC(=S)Nc2ccc(Cl)cc2)c2cc(Br)ccc2O1. The van der Waals surface area contributed by atoms with Crippen LogP contribution in [0.5, 0.6) is 5.75 Å². The van der Waals surface area contributed by atoms with Gasteiger partial charge >= 0.3 is 0 Å². The first kappa shape index (κ1) is 17.5. The molecule has 0 aliphatic carbocycles. The van der Waals surface area contributed by atoms with Crippen molar-refractivity contribution in [2.24, 2.45) is 0 Å². The van der Waals surface area contributed by atoms with Crippen LogP contribution >= 0.6 is 39.7 Å². The highest BCUT2D eigenvalue weighted by Gasteiger charge is 2.34. The number of thiocarbonyl (C=S) groups is 1. The number of anilines is 1. The Balaban J connectivity index is 1.77. The Bertz CT molecular complexity index is 764. The summed E-state index contributed by atoms with van der Waals surface area (Å²) in [5, 5.41) is 7.88. The van der Waals surface area contributed by atoms with Gasteiger partial charge in [0.2, 0.25) is 0 Å². The number of nitrogens with one attached hydrogen (secondary N) is 2. The normalized spacial score (nSPS) is 18.2. The average Bonchev–Trinajstić information content (AvgIpc) is 2.49. The highest BCUT2D eigenvalue weighted by molar-refractivity contribution is 9.10. The Morgan fingerprint density at radius 3 is 2.67 bits per heavy atom. The van der Waals surface area contributed by atoms with Crippen molar-refractivity contribution in [1.82, 2.24) is 5.32 Å². The van der Waals surface area contributed by atoms with Crippen molar-refractivity contribution in [3.63, 3.8) is 0 Å². The summed E-state index contributed by atoms with van der Waals surface area (Å²) in [5.74, 6) is 0.890. The molecule has 6 heteroatoms. The van der Waals surface area contributed by atoms with E-state index >= 15 is 0 Å². The molecule has 0 spiro atoms. The highest BCUT2D eigenvalue weighted by atomic mass is 79.9. The predicted molar refractivity (Wildman–Crippen MR) is 107 cm³/mol. The molecule has 0 fully saturated rings. The zero-order valence-corrected chi connectivity index (χ0v) is 16.6. The Kier molecular flexibility index (Phi) is 5.04. The summed E-state index contributed by atoms with van der Waals surface area (Å²) >= 11 is 14.9. The van der Waals surface area contributed by atoms with E-state index in [1.165, 1.54) is 0 Å². The number of hydrogen-bond acceptors (Lipinski definition) is 2. The fourth-order valence-electron chi connectivity index (χ4n) is 2.81. The Morgan fingerprint density at radius 2 is 1.96 bits per heavy atom. The first-order chi connectivity index (χ1) is 11.3. The summed E-state index contributed by atoms with van der Waals surface area (Å²) in [7, 11) is 0. The van der Waals surface area contributed by atoms with E-state index in [1.807, 2.05) is 36.4 Å². The number of benzene rings is 2. The molecule has 1 unspecified atom stereocenters. The molecule has 0 saturated carbocycles. The van der Waals surface area contributed by atoms with Gasteiger partial charge in [-0.2, -0.15) is 0 Å². The lowest BCUT2D eigenvalue weighted by Gasteiger charge is -2.38. The molecule has 1 aliphatic rings. The van der Waals surface area contributed by atoms with E-state index in [2.05, 4.69) is 46.5 Å². The smallest absolute Gasteiger partial charge is 0.171 e. The van der Waals surface area contributed by atoms with Crippen LogP contribution in [0.15, 0.2) is 46.9 Å². The standard InChI is InChI=1S/C18H18BrClN2OS/c1-18(2)10-15(14-9-11(19)3-8-16(14)23-18)22-17(24)21-13-6-4-12(20)5-7-13/h3-9,15H,10H2,1-2H3,(H2,21,22,24). The van der Waals surface area contributed by atoms with Crippen LogP contribution in [0.25, 0.3) is 0 Å². The van der Waals surface area contributed by atoms with Gasteiger partial charge in [-0.15, -0.1) is 0 Å². The van der Waals surface area contributed by atoms with Gasteiger partial charge in [-0.25, -0.2) is 0 Å². The van der Waals surface area contributed by atoms with Crippen molar-refractivity contribution in [3.05, 3.63) is 57.5 Å². The fourth-order valence-corrected chi connectivity index (χ4v) is 3.58. The minimum Gasteiger partial charge on any atom is -0.487 e. The van der Waals surface area contributed by atoms with E-state index in [-0.39, 0.29) is 11.6 Å². The highest BCUT2D eigenvalue weighted by Crippen LogP contribution is 2.40. The molecule has 2 aromatic carbocycles. The lowest BCUT2D eigenvalue weighted by Crippen LogP contribution is -2.42. The van der Waals surface area contributed by atoms with Crippen molar-refractivity contribution < 1.29 is 4.74 Å². The maximum atomic E-state index is 6.08. The van der Waals surface area contributed by atoms with E-state index in [9.17, 15) is 0 Å². The van der Waals surface area contributed by atoms with Gasteiger partial charge in [-0.3, -0.25) is 0 Å². The van der Waals surface area contributed by atoms with Crippen LogP contribution in [0.3, 0.4) is 0 Å². The summed E-state index contributed by atoms with van der Waals surface area (Å²) in [6, 6.07) is 13.6. The van der Waals surface area contributed by atoms with E-state index < -0.39 is 0 Å². The molecule has 1 heterocycles. The second kappa shape index (κ2) is 6.90. The number of ether oxygens (including phenoxy) is 1. The Hall–Kier alpha value is -1.30. The van der Waals surface area contributed by atoms with Crippen LogP contribution in [0.2, 0.25) is 5.02 Å². The topological polar surface area (TPSA) is 33.3 Å². The molecule has 3 rings (SSSR count). The maximum Gasteiger partial charge on any atom is 0.171 e. The lowest BCUT2D eigenvalue weighted by atomic mass is 9.90. The van der Waals surface area contributed by atoms with Gasteiger partial charge in [0.25, 0.3) is 0 Å². The summed E-state index contributed by atoms with van der Waals surface area (Å²) in [4.78, 5) is 0. The van der Waals surface area contributed by atoms with Crippen molar-refractivity contribution in [2.45, 2.75) is 31.9 Å². The van der Waals surface area contributed by atoms with Crippen LogP contribution in [0, 0.1) is 0 Å². The zero-order valence-electron chi connectivity index (χ0n) is 13.4. The fraction of sp³-hybridized carbons (Fsp3) is 0.278. The molecule has 2 N–H and O–H groups in total. The Morgan fingerprint density at radius 1 is 1.25 bits per heavy atom. The zero-order chi connectivity index (χ0) is 17.3. The van der Waals surface area contributed by atoms with Gasteiger partial charge in [-0.05, 0) is 68.5 Å². The molecule has 0 amide bonds. The van der Waals surface area contributed by atoms with E-state index in [0.717, 1.165) is 27.9 Å². The van der Waals surface area contributed by atoms with Crippen LogP contribution < -0.4 is 15.4 Å². The van der Waals surface area contributed by atoms with Crippen LogP contribution in [-0.2, 0) is 0 Å². The van der Waals surface area contributed by atoms with Crippen molar-refractivity contribution in [3.8, 4) is 5.75 Å².